The average Bonchev–Trinajstić information content (AvgIpc) is 3.41. The van der Waals surface area contributed by atoms with Crippen molar-refractivity contribution in [1.29, 1.82) is 0 Å². The zero-order valence-electron chi connectivity index (χ0n) is 24.6. The van der Waals surface area contributed by atoms with Gasteiger partial charge in [-0.15, -0.1) is 5.53 Å². The quantitative estimate of drug-likeness (QED) is 0.134. The van der Waals surface area contributed by atoms with Gasteiger partial charge in [-0.25, -0.2) is 9.78 Å². The molecule has 0 radical (unpaired) electrons. The van der Waals surface area contributed by atoms with Crippen molar-refractivity contribution in [1.82, 2.24) is 4.98 Å². The number of anilines is 2. The first-order valence-corrected chi connectivity index (χ1v) is 15.1. The summed E-state index contributed by atoms with van der Waals surface area (Å²) in [6.07, 6.45) is 6.90. The molecule has 220 valence electrons. The lowest BCUT2D eigenvalue weighted by Gasteiger charge is -2.23. The lowest BCUT2D eigenvalue weighted by atomic mass is 9.87. The van der Waals surface area contributed by atoms with Gasteiger partial charge >= 0.3 is 6.03 Å². The number of nitrogens with zero attached hydrogens (tertiary/aromatic N) is 4. The molecule has 1 aromatic heterocycles. The number of guanidine groups is 1. The number of hydrogen-bond donors (Lipinski definition) is 3. The van der Waals surface area contributed by atoms with Gasteiger partial charge in [-0.2, -0.15) is 4.99 Å². The molecule has 4 aromatic rings. The van der Waals surface area contributed by atoms with E-state index in [1.165, 1.54) is 40.9 Å². The molecule has 1 aliphatic rings. The Kier molecular flexibility index (Phi) is 8.77. The Hall–Kier alpha value is -4.70. The van der Waals surface area contributed by atoms with Crippen molar-refractivity contribution >= 4 is 55.8 Å². The van der Waals surface area contributed by atoms with E-state index in [0.717, 1.165) is 34.3 Å². The van der Waals surface area contributed by atoms with E-state index in [1.54, 1.807) is 29.2 Å². The number of thiazole rings is 1. The molecule has 0 saturated carbocycles. The molecule has 43 heavy (non-hydrogen) atoms. The summed E-state index contributed by atoms with van der Waals surface area (Å²) in [5, 5.41) is 6.76. The molecule has 5 rings (SSSR count). The minimum atomic E-state index is -0.550. The Morgan fingerprint density at radius 1 is 1.05 bits per heavy atom. The van der Waals surface area contributed by atoms with Crippen LogP contribution in [0.1, 0.15) is 73.5 Å². The molecule has 0 saturated heterocycles. The number of carbonyl (C=O) groups excluding carboxylic acids is 2. The van der Waals surface area contributed by atoms with Crippen LogP contribution in [0.5, 0.6) is 0 Å². The second kappa shape index (κ2) is 12.7. The molecule has 10 heteroatoms. The number of allylic oxidation sites excluding steroid dienone is 2. The van der Waals surface area contributed by atoms with Crippen LogP contribution in [-0.4, -0.2) is 22.9 Å². The molecular weight excluding hydrogens is 558 g/mol. The fourth-order valence-corrected chi connectivity index (χ4v) is 5.81. The van der Waals surface area contributed by atoms with Crippen LogP contribution in [0.2, 0.25) is 0 Å². The summed E-state index contributed by atoms with van der Waals surface area (Å²) in [5.74, 6) is -0.847. The van der Waals surface area contributed by atoms with Gasteiger partial charge in [0.25, 0.3) is 11.9 Å². The van der Waals surface area contributed by atoms with Crippen LogP contribution < -0.4 is 21.5 Å². The van der Waals surface area contributed by atoms with Crippen LogP contribution in [0.4, 0.5) is 15.6 Å². The number of nitrogens with one attached hydrogen (secondary N) is 1. The van der Waals surface area contributed by atoms with Crippen molar-refractivity contribution in [2.45, 2.75) is 58.4 Å². The topological polar surface area (TPSA) is 139 Å². The van der Waals surface area contributed by atoms with E-state index < -0.39 is 5.91 Å². The third-order valence-corrected chi connectivity index (χ3v) is 8.40. The summed E-state index contributed by atoms with van der Waals surface area (Å²) in [6.45, 7) is 6.76. The molecule has 0 spiro atoms. The zero-order chi connectivity index (χ0) is 30.6. The van der Waals surface area contributed by atoms with Crippen molar-refractivity contribution < 1.29 is 15.1 Å². The minimum Gasteiger partial charge on any atom is -0.363 e. The van der Waals surface area contributed by atoms with Crippen molar-refractivity contribution in [3.8, 4) is 0 Å². The van der Waals surface area contributed by atoms with Crippen molar-refractivity contribution in [3.63, 3.8) is 0 Å². The van der Waals surface area contributed by atoms with Crippen LogP contribution in [-0.2, 0) is 12.0 Å². The standard InChI is InChI=1S/C33H35N7O2S/c1-33(2,3)25-15-18-28-27(19-25)36-31(43-28)38-32(42)40(26-16-13-23(14-17-26)22-7-5-4-6-8-22)20-21-9-11-24(12-10-21)29(41)37-30(34)39-35/h7,9-19,35H,4-6,8,20H2,1-3H3,(H2,34,37,41)(H,36,38,42)/p+1. The lowest BCUT2D eigenvalue weighted by Crippen LogP contribution is -2.34. The summed E-state index contributed by atoms with van der Waals surface area (Å²) >= 11 is 1.44. The predicted octanol–water partition coefficient (Wildman–Crippen LogP) is 6.46. The van der Waals surface area contributed by atoms with Gasteiger partial charge in [0.05, 0.1) is 16.8 Å². The summed E-state index contributed by atoms with van der Waals surface area (Å²) in [4.78, 5) is 36.2. The summed E-state index contributed by atoms with van der Waals surface area (Å²) in [6, 6.07) is 20.9. The minimum absolute atomic E-state index is 0.00325. The predicted molar refractivity (Wildman–Crippen MR) is 173 cm³/mol. The van der Waals surface area contributed by atoms with Gasteiger partial charge in [0.2, 0.25) is 0 Å². The molecule has 0 fully saturated rings. The third kappa shape index (κ3) is 7.21. The number of amides is 3. The second-order valence-electron chi connectivity index (χ2n) is 11.6. The molecule has 0 atom stereocenters. The van der Waals surface area contributed by atoms with Gasteiger partial charge in [-0.05, 0) is 89.8 Å². The first kappa shape index (κ1) is 29.8. The number of nitrogens with two attached hydrogens (primary N) is 2. The maximum absolute atomic E-state index is 13.8. The fraction of sp³-hybridized carbons (Fsp3) is 0.273. The smallest absolute Gasteiger partial charge is 0.328 e. The third-order valence-electron chi connectivity index (χ3n) is 7.44. The normalized spacial score (nSPS) is 13.8. The lowest BCUT2D eigenvalue weighted by molar-refractivity contribution is -0.207. The molecule has 0 unspecified atom stereocenters. The number of aliphatic imine (C=N–C) groups is 1. The molecule has 3 aromatic carbocycles. The highest BCUT2D eigenvalue weighted by molar-refractivity contribution is 7.22. The van der Waals surface area contributed by atoms with E-state index in [9.17, 15) is 9.59 Å². The Labute approximate surface area is 255 Å². The average molecular weight is 595 g/mol. The number of carbonyl (C=O) groups is 2. The van der Waals surface area contributed by atoms with Crippen LogP contribution in [0.25, 0.3) is 15.8 Å². The molecule has 1 aliphatic carbocycles. The number of fused-ring (bicyclic) bond motifs is 1. The largest absolute Gasteiger partial charge is 0.363 e. The molecule has 5 N–H and O–H groups in total. The number of rotatable bonds is 6. The van der Waals surface area contributed by atoms with Gasteiger partial charge in [0.1, 0.15) is 0 Å². The van der Waals surface area contributed by atoms with Gasteiger partial charge in [-0.3, -0.25) is 15.0 Å². The maximum atomic E-state index is 13.8. The molecule has 9 nitrogen and oxygen atoms in total. The van der Waals surface area contributed by atoms with Crippen molar-refractivity contribution in [3.05, 3.63) is 95.1 Å². The first-order chi connectivity index (χ1) is 20.6. The first-order valence-electron chi connectivity index (χ1n) is 14.3. The molecule has 0 bridgehead atoms. The van der Waals surface area contributed by atoms with Gasteiger partial charge in [0, 0.05) is 16.4 Å². The van der Waals surface area contributed by atoms with Crippen molar-refractivity contribution in [2.24, 2.45) is 15.8 Å². The Morgan fingerprint density at radius 2 is 1.79 bits per heavy atom. The van der Waals surface area contributed by atoms with Crippen LogP contribution in [0.3, 0.4) is 0 Å². The zero-order valence-corrected chi connectivity index (χ0v) is 25.4. The number of hydrogen-bond acceptors (Lipinski definition) is 4. The van der Waals surface area contributed by atoms with E-state index >= 15 is 0 Å². The highest BCUT2D eigenvalue weighted by Crippen LogP contribution is 2.32. The molecular formula is C33H36N7O2S+. The van der Waals surface area contributed by atoms with Crippen LogP contribution >= 0.6 is 11.3 Å². The van der Waals surface area contributed by atoms with E-state index in [0.29, 0.717) is 10.7 Å². The monoisotopic (exact) mass is 594 g/mol. The van der Waals surface area contributed by atoms with E-state index in [-0.39, 0.29) is 24.0 Å². The van der Waals surface area contributed by atoms with E-state index in [1.807, 2.05) is 12.1 Å². The Balaban J connectivity index is 1.41. The van der Waals surface area contributed by atoms with E-state index in [4.69, 9.17) is 16.2 Å². The number of aromatic nitrogens is 1. The Bertz CT molecular complexity index is 1710. The van der Waals surface area contributed by atoms with Crippen LogP contribution in [0, 0.1) is 0 Å². The van der Waals surface area contributed by atoms with Gasteiger partial charge in [-0.1, -0.05) is 68.5 Å². The summed E-state index contributed by atoms with van der Waals surface area (Å²) < 4.78 is 1.01. The molecule has 1 heterocycles. The Morgan fingerprint density at radius 3 is 2.44 bits per heavy atom. The highest BCUT2D eigenvalue weighted by atomic mass is 32.1. The van der Waals surface area contributed by atoms with Crippen LogP contribution in [0.15, 0.2) is 82.9 Å². The maximum Gasteiger partial charge on any atom is 0.328 e. The summed E-state index contributed by atoms with van der Waals surface area (Å²) in [7, 11) is 0. The second-order valence-corrected chi connectivity index (χ2v) is 12.6. The van der Waals surface area contributed by atoms with Crippen molar-refractivity contribution in [2.75, 3.05) is 10.2 Å². The highest BCUT2D eigenvalue weighted by Gasteiger charge is 2.20. The molecule has 0 aliphatic heterocycles. The fourth-order valence-electron chi connectivity index (χ4n) is 4.98. The van der Waals surface area contributed by atoms with E-state index in [2.05, 4.69) is 72.6 Å². The van der Waals surface area contributed by atoms with Gasteiger partial charge < -0.3 is 5.73 Å². The van der Waals surface area contributed by atoms with Gasteiger partial charge in [0.15, 0.2) is 5.13 Å². The SMILES string of the molecule is CC(C)(C)c1ccc2sc(NC(=O)N(Cc3ccc(C(=O)N=C(N)N=[NH2+])cc3)c3ccc(C4=CCCCC4)cc3)nc2c1. The molecule has 3 amide bonds. The number of urea groups is 1. The summed E-state index contributed by atoms with van der Waals surface area (Å²) in [5.41, 5.74) is 17.0. The number of benzene rings is 3.